The Hall–Kier alpha value is -0.570. The van der Waals surface area contributed by atoms with Crippen LogP contribution in [0.3, 0.4) is 0 Å². The Bertz CT molecular complexity index is 265. The number of nitrogens with one attached hydrogen (secondary N) is 1. The summed E-state index contributed by atoms with van der Waals surface area (Å²) in [6.45, 7) is 5.04. The van der Waals surface area contributed by atoms with Gasteiger partial charge in [-0.15, -0.1) is 0 Å². The number of rotatable bonds is 5. The first-order chi connectivity index (χ1) is 7.55. The zero-order valence-electron chi connectivity index (χ0n) is 10.3. The minimum Gasteiger partial charge on any atom is -0.396 e. The van der Waals surface area contributed by atoms with Crippen molar-refractivity contribution < 1.29 is 9.90 Å². The first-order valence-corrected chi connectivity index (χ1v) is 6.44. The van der Waals surface area contributed by atoms with Crippen molar-refractivity contribution in [2.24, 2.45) is 23.2 Å². The fraction of sp³-hybridized carbons (Fsp3) is 0.923. The third-order valence-corrected chi connectivity index (χ3v) is 4.24. The van der Waals surface area contributed by atoms with Gasteiger partial charge in [0.1, 0.15) is 0 Å². The maximum Gasteiger partial charge on any atom is 0.223 e. The highest BCUT2D eigenvalue weighted by molar-refractivity contribution is 5.82. The van der Waals surface area contributed by atoms with Crippen LogP contribution in [-0.2, 0) is 4.79 Å². The number of carbonyl (C=O) groups excluding carboxylic acids is 1. The van der Waals surface area contributed by atoms with Crippen LogP contribution in [0, 0.1) is 23.2 Å². The highest BCUT2D eigenvalue weighted by Crippen LogP contribution is 2.57. The number of hydrogen-bond donors (Lipinski definition) is 2. The Morgan fingerprint density at radius 3 is 2.56 bits per heavy atom. The third kappa shape index (κ3) is 2.40. The van der Waals surface area contributed by atoms with E-state index in [-0.39, 0.29) is 17.9 Å². The van der Waals surface area contributed by atoms with Crippen molar-refractivity contribution in [1.82, 2.24) is 5.32 Å². The monoisotopic (exact) mass is 225 g/mol. The molecule has 0 aliphatic heterocycles. The smallest absolute Gasteiger partial charge is 0.223 e. The normalized spacial score (nSPS) is 32.3. The van der Waals surface area contributed by atoms with Crippen LogP contribution in [0.4, 0.5) is 0 Å². The Labute approximate surface area is 97.6 Å². The van der Waals surface area contributed by atoms with E-state index in [0.717, 1.165) is 6.42 Å². The second-order valence-electron chi connectivity index (χ2n) is 6.14. The second-order valence-corrected chi connectivity index (χ2v) is 6.14. The van der Waals surface area contributed by atoms with E-state index >= 15 is 0 Å². The summed E-state index contributed by atoms with van der Waals surface area (Å²) in [5.41, 5.74) is 0.00834. The van der Waals surface area contributed by atoms with Crippen LogP contribution in [0.5, 0.6) is 0 Å². The number of carbonyl (C=O) groups is 1. The SMILES string of the molecule is CC(C)(CCO)CNC(=O)C1C2CCCC21. The van der Waals surface area contributed by atoms with Crippen LogP contribution < -0.4 is 5.32 Å². The van der Waals surface area contributed by atoms with Gasteiger partial charge in [0.2, 0.25) is 5.91 Å². The van der Waals surface area contributed by atoms with E-state index in [2.05, 4.69) is 19.2 Å². The summed E-state index contributed by atoms with van der Waals surface area (Å²) in [4.78, 5) is 11.9. The maximum absolute atomic E-state index is 11.9. The summed E-state index contributed by atoms with van der Waals surface area (Å²) in [7, 11) is 0. The molecule has 0 aromatic rings. The van der Waals surface area contributed by atoms with Gasteiger partial charge < -0.3 is 10.4 Å². The molecule has 2 saturated carbocycles. The van der Waals surface area contributed by atoms with Crippen LogP contribution in [0.2, 0.25) is 0 Å². The van der Waals surface area contributed by atoms with Crippen LogP contribution in [0.15, 0.2) is 0 Å². The molecule has 2 unspecified atom stereocenters. The van der Waals surface area contributed by atoms with Gasteiger partial charge >= 0.3 is 0 Å². The summed E-state index contributed by atoms with van der Waals surface area (Å²) < 4.78 is 0. The molecule has 2 atom stereocenters. The second kappa shape index (κ2) is 4.36. The fourth-order valence-corrected chi connectivity index (χ4v) is 3.05. The van der Waals surface area contributed by atoms with Gasteiger partial charge in [-0.2, -0.15) is 0 Å². The lowest BCUT2D eigenvalue weighted by molar-refractivity contribution is -0.123. The van der Waals surface area contributed by atoms with E-state index in [1.165, 1.54) is 19.3 Å². The summed E-state index contributed by atoms with van der Waals surface area (Å²) in [6, 6.07) is 0. The van der Waals surface area contributed by atoms with Crippen molar-refractivity contribution in [2.75, 3.05) is 13.2 Å². The predicted molar refractivity (Wildman–Crippen MR) is 62.8 cm³/mol. The highest BCUT2D eigenvalue weighted by Gasteiger charge is 2.56. The lowest BCUT2D eigenvalue weighted by atomic mass is 9.89. The van der Waals surface area contributed by atoms with Crippen molar-refractivity contribution in [3.63, 3.8) is 0 Å². The molecule has 3 heteroatoms. The number of fused-ring (bicyclic) bond motifs is 1. The van der Waals surface area contributed by atoms with Crippen molar-refractivity contribution in [1.29, 1.82) is 0 Å². The molecule has 2 rings (SSSR count). The first-order valence-electron chi connectivity index (χ1n) is 6.44. The van der Waals surface area contributed by atoms with Gasteiger partial charge in [-0.05, 0) is 36.5 Å². The molecular formula is C13H23NO2. The maximum atomic E-state index is 11.9. The molecule has 0 saturated heterocycles. The van der Waals surface area contributed by atoms with Crippen molar-refractivity contribution in [3.05, 3.63) is 0 Å². The standard InChI is InChI=1S/C13H23NO2/c1-13(2,6-7-15)8-14-12(16)11-9-4-3-5-10(9)11/h9-11,15H,3-8H2,1-2H3,(H,14,16). The molecule has 92 valence electrons. The number of aliphatic hydroxyl groups is 1. The molecule has 2 aliphatic rings. The van der Waals surface area contributed by atoms with Crippen LogP contribution >= 0.6 is 0 Å². The largest absolute Gasteiger partial charge is 0.396 e. The zero-order chi connectivity index (χ0) is 11.8. The van der Waals surface area contributed by atoms with E-state index in [9.17, 15) is 4.79 Å². The van der Waals surface area contributed by atoms with Gasteiger partial charge in [0.05, 0.1) is 0 Å². The summed E-state index contributed by atoms with van der Waals surface area (Å²) in [5.74, 6) is 1.96. The van der Waals surface area contributed by atoms with E-state index in [0.29, 0.717) is 24.3 Å². The molecule has 0 radical (unpaired) electrons. The predicted octanol–water partition coefficient (Wildman–Crippen LogP) is 1.56. The highest BCUT2D eigenvalue weighted by atomic mass is 16.3. The molecule has 2 N–H and O–H groups in total. The lowest BCUT2D eigenvalue weighted by Crippen LogP contribution is -2.36. The van der Waals surface area contributed by atoms with Gasteiger partial charge in [-0.25, -0.2) is 0 Å². The summed E-state index contributed by atoms with van der Waals surface area (Å²) >= 11 is 0. The average Bonchev–Trinajstić information content (AvgIpc) is 2.69. The van der Waals surface area contributed by atoms with Crippen LogP contribution in [-0.4, -0.2) is 24.2 Å². The zero-order valence-corrected chi connectivity index (χ0v) is 10.3. The molecule has 0 aromatic carbocycles. The minimum atomic E-state index is 0.00834. The van der Waals surface area contributed by atoms with Crippen LogP contribution in [0.25, 0.3) is 0 Å². The summed E-state index contributed by atoms with van der Waals surface area (Å²) in [5, 5.41) is 12.0. The molecule has 3 nitrogen and oxygen atoms in total. The van der Waals surface area contributed by atoms with Crippen molar-refractivity contribution in [2.45, 2.75) is 39.5 Å². The Balaban J connectivity index is 1.72. The topological polar surface area (TPSA) is 49.3 Å². The fourth-order valence-electron chi connectivity index (χ4n) is 3.05. The first kappa shape index (κ1) is 11.9. The number of hydrogen-bond acceptors (Lipinski definition) is 2. The van der Waals surface area contributed by atoms with Gasteiger partial charge in [-0.1, -0.05) is 20.3 Å². The number of aliphatic hydroxyl groups excluding tert-OH is 1. The molecule has 0 bridgehead atoms. The Kier molecular flexibility index (Phi) is 3.24. The van der Waals surface area contributed by atoms with Gasteiger partial charge in [0.15, 0.2) is 0 Å². The molecule has 0 heterocycles. The molecule has 0 spiro atoms. The molecule has 2 aliphatic carbocycles. The molecule has 16 heavy (non-hydrogen) atoms. The average molecular weight is 225 g/mol. The quantitative estimate of drug-likeness (QED) is 0.746. The van der Waals surface area contributed by atoms with Gasteiger partial charge in [0.25, 0.3) is 0 Å². The van der Waals surface area contributed by atoms with E-state index in [1.807, 2.05) is 0 Å². The van der Waals surface area contributed by atoms with E-state index < -0.39 is 0 Å². The minimum absolute atomic E-state index is 0.00834. The van der Waals surface area contributed by atoms with Gasteiger partial charge in [0, 0.05) is 19.1 Å². The number of amides is 1. The summed E-state index contributed by atoms with van der Waals surface area (Å²) in [6.07, 6.45) is 4.56. The Morgan fingerprint density at radius 1 is 1.38 bits per heavy atom. The van der Waals surface area contributed by atoms with E-state index in [1.54, 1.807) is 0 Å². The lowest BCUT2D eigenvalue weighted by Gasteiger charge is -2.24. The van der Waals surface area contributed by atoms with Gasteiger partial charge in [-0.3, -0.25) is 4.79 Å². The Morgan fingerprint density at radius 2 is 2.00 bits per heavy atom. The molecule has 2 fully saturated rings. The molecule has 0 aromatic heterocycles. The molecule has 1 amide bonds. The van der Waals surface area contributed by atoms with Crippen molar-refractivity contribution in [3.8, 4) is 0 Å². The van der Waals surface area contributed by atoms with E-state index in [4.69, 9.17) is 5.11 Å². The van der Waals surface area contributed by atoms with Crippen molar-refractivity contribution >= 4 is 5.91 Å². The molecular weight excluding hydrogens is 202 g/mol. The third-order valence-electron chi connectivity index (χ3n) is 4.24. The van der Waals surface area contributed by atoms with Crippen LogP contribution in [0.1, 0.15) is 39.5 Å².